The van der Waals surface area contributed by atoms with Crippen LogP contribution in [0, 0.1) is 17.1 Å². The summed E-state index contributed by atoms with van der Waals surface area (Å²) in [5.41, 5.74) is 1.88. The van der Waals surface area contributed by atoms with Gasteiger partial charge in [-0.05, 0) is 6.07 Å². The predicted molar refractivity (Wildman–Crippen MR) is 50.0 cm³/mol. The molecule has 17 heavy (non-hydrogen) atoms. The van der Waals surface area contributed by atoms with Gasteiger partial charge in [-0.2, -0.15) is 23.9 Å². The summed E-state index contributed by atoms with van der Waals surface area (Å²) in [5, 5.41) is 8.53. The Morgan fingerprint density at radius 2 is 2.06 bits per heavy atom. The third kappa shape index (κ3) is 4.38. The van der Waals surface area contributed by atoms with Crippen LogP contribution in [0.15, 0.2) is 18.2 Å². The predicted octanol–water partition coefficient (Wildman–Crippen LogP) is 2.28. The summed E-state index contributed by atoms with van der Waals surface area (Å²) >= 11 is 0. The lowest BCUT2D eigenvalue weighted by atomic mass is 10.1. The molecule has 0 radical (unpaired) electrons. The van der Waals surface area contributed by atoms with Crippen molar-refractivity contribution >= 4 is 0 Å². The molecule has 92 valence electrons. The molecule has 0 atom stereocenters. The molecule has 0 bridgehead atoms. The van der Waals surface area contributed by atoms with Crippen LogP contribution in [0.25, 0.3) is 0 Å². The molecule has 0 aromatic heterocycles. The highest BCUT2D eigenvalue weighted by Crippen LogP contribution is 2.14. The Morgan fingerprint density at radius 1 is 1.35 bits per heavy atom. The molecule has 0 aliphatic carbocycles. The lowest BCUT2D eigenvalue weighted by Gasteiger charge is -2.09. The van der Waals surface area contributed by atoms with Gasteiger partial charge >= 0.3 is 6.18 Å². The first-order chi connectivity index (χ1) is 7.94. The minimum absolute atomic E-state index is 0.0613. The summed E-state index contributed by atoms with van der Waals surface area (Å²) in [5.74, 6) is -0.766. The van der Waals surface area contributed by atoms with Crippen molar-refractivity contribution in [3.63, 3.8) is 0 Å². The Kier molecular flexibility index (Phi) is 4.43. The van der Waals surface area contributed by atoms with E-state index in [1.54, 1.807) is 6.07 Å². The first-order valence-electron chi connectivity index (χ1n) is 4.53. The van der Waals surface area contributed by atoms with Gasteiger partial charge in [0.2, 0.25) is 0 Å². The number of benzene rings is 1. The highest BCUT2D eigenvalue weighted by Gasteiger charge is 2.27. The van der Waals surface area contributed by atoms with Crippen molar-refractivity contribution < 1.29 is 22.4 Å². The van der Waals surface area contributed by atoms with Gasteiger partial charge in [0.1, 0.15) is 11.9 Å². The van der Waals surface area contributed by atoms with Gasteiger partial charge in [-0.25, -0.2) is 4.39 Å². The van der Waals surface area contributed by atoms with E-state index in [-0.39, 0.29) is 17.7 Å². The Bertz CT molecular complexity index is 425. The molecule has 0 unspecified atom stereocenters. The van der Waals surface area contributed by atoms with Crippen LogP contribution < -0.4 is 5.48 Å². The molecule has 1 rings (SSSR count). The number of hydrogen-bond donors (Lipinski definition) is 1. The average molecular weight is 248 g/mol. The number of rotatable bonds is 4. The smallest absolute Gasteiger partial charge is 0.292 e. The van der Waals surface area contributed by atoms with Gasteiger partial charge in [-0.15, -0.1) is 0 Å². The second-order valence-electron chi connectivity index (χ2n) is 3.12. The average Bonchev–Trinajstić information content (AvgIpc) is 2.25. The molecule has 0 aliphatic rings. The van der Waals surface area contributed by atoms with Crippen molar-refractivity contribution in [1.29, 1.82) is 5.26 Å². The fourth-order valence-corrected chi connectivity index (χ4v) is 1.06. The van der Waals surface area contributed by atoms with Crippen LogP contribution >= 0.6 is 0 Å². The van der Waals surface area contributed by atoms with Gasteiger partial charge < -0.3 is 0 Å². The summed E-state index contributed by atoms with van der Waals surface area (Å²) in [6, 6.07) is 5.68. The third-order valence-electron chi connectivity index (χ3n) is 1.80. The summed E-state index contributed by atoms with van der Waals surface area (Å²) in [4.78, 5) is 4.11. The minimum atomic E-state index is -4.44. The molecule has 0 heterocycles. The van der Waals surface area contributed by atoms with Gasteiger partial charge in [0.05, 0.1) is 5.56 Å². The number of nitrogens with one attached hydrogen (secondary N) is 1. The highest BCUT2D eigenvalue weighted by atomic mass is 19.4. The molecular weight excluding hydrogens is 240 g/mol. The van der Waals surface area contributed by atoms with E-state index in [9.17, 15) is 17.6 Å². The van der Waals surface area contributed by atoms with Gasteiger partial charge in [0, 0.05) is 12.1 Å². The summed E-state index contributed by atoms with van der Waals surface area (Å²) < 4.78 is 48.5. The summed E-state index contributed by atoms with van der Waals surface area (Å²) in [6.07, 6.45) is -4.44. The molecule has 0 fully saturated rings. The van der Waals surface area contributed by atoms with Gasteiger partial charge in [0.15, 0.2) is 6.61 Å². The molecular formula is C10H8F4N2O. The van der Waals surface area contributed by atoms with Crippen LogP contribution in [0.2, 0.25) is 0 Å². The maximum absolute atomic E-state index is 13.4. The number of hydroxylamine groups is 1. The van der Waals surface area contributed by atoms with Crippen molar-refractivity contribution in [1.82, 2.24) is 5.48 Å². The molecule has 0 saturated heterocycles. The van der Waals surface area contributed by atoms with Crippen molar-refractivity contribution in [2.24, 2.45) is 0 Å². The van der Waals surface area contributed by atoms with Crippen LogP contribution in [0.4, 0.5) is 17.6 Å². The van der Waals surface area contributed by atoms with Gasteiger partial charge in [-0.3, -0.25) is 4.84 Å². The first kappa shape index (κ1) is 13.4. The molecule has 1 aromatic carbocycles. The van der Waals surface area contributed by atoms with Crippen molar-refractivity contribution in [3.05, 3.63) is 35.1 Å². The molecule has 1 aromatic rings. The zero-order valence-electron chi connectivity index (χ0n) is 8.51. The third-order valence-corrected chi connectivity index (χ3v) is 1.80. The molecule has 7 heteroatoms. The maximum atomic E-state index is 13.4. The van der Waals surface area contributed by atoms with Crippen LogP contribution in [0.5, 0.6) is 0 Å². The Labute approximate surface area is 94.6 Å². The van der Waals surface area contributed by atoms with Crippen molar-refractivity contribution in [2.75, 3.05) is 6.61 Å². The number of hydrogen-bond acceptors (Lipinski definition) is 3. The Hall–Kier alpha value is -1.65. The van der Waals surface area contributed by atoms with E-state index in [0.29, 0.717) is 0 Å². The minimum Gasteiger partial charge on any atom is -0.292 e. The fourth-order valence-electron chi connectivity index (χ4n) is 1.06. The van der Waals surface area contributed by atoms with Crippen LogP contribution in [0.1, 0.15) is 11.1 Å². The van der Waals surface area contributed by atoms with Crippen molar-refractivity contribution in [3.8, 4) is 6.07 Å². The zero-order chi connectivity index (χ0) is 12.9. The van der Waals surface area contributed by atoms with E-state index in [1.165, 1.54) is 18.2 Å². The number of nitriles is 1. The standard InChI is InChI=1S/C10H8F4N2O/c11-9-7(4-15)2-1-3-8(9)5-16-17-6-10(12,13)14/h1-3,16H,5-6H2. The largest absolute Gasteiger partial charge is 0.413 e. The monoisotopic (exact) mass is 248 g/mol. The number of nitrogens with zero attached hydrogens (tertiary/aromatic N) is 1. The normalized spacial score (nSPS) is 11.2. The molecule has 0 amide bonds. The number of alkyl halides is 3. The fraction of sp³-hybridized carbons (Fsp3) is 0.300. The van der Waals surface area contributed by atoms with Crippen LogP contribution in [-0.4, -0.2) is 12.8 Å². The molecule has 0 saturated carbocycles. The van der Waals surface area contributed by atoms with E-state index in [0.717, 1.165) is 0 Å². The lowest BCUT2D eigenvalue weighted by molar-refractivity contribution is -0.190. The summed E-state index contributed by atoms with van der Waals surface area (Å²) in [6.45, 7) is -1.72. The maximum Gasteiger partial charge on any atom is 0.413 e. The van der Waals surface area contributed by atoms with E-state index < -0.39 is 18.6 Å². The van der Waals surface area contributed by atoms with Gasteiger partial charge in [-0.1, -0.05) is 12.1 Å². The Morgan fingerprint density at radius 3 is 2.65 bits per heavy atom. The van der Waals surface area contributed by atoms with E-state index in [1.807, 2.05) is 5.48 Å². The second kappa shape index (κ2) is 5.61. The molecule has 3 nitrogen and oxygen atoms in total. The van der Waals surface area contributed by atoms with Crippen molar-refractivity contribution in [2.45, 2.75) is 12.7 Å². The van der Waals surface area contributed by atoms with E-state index in [2.05, 4.69) is 4.84 Å². The molecule has 0 spiro atoms. The molecule has 1 N–H and O–H groups in total. The zero-order valence-corrected chi connectivity index (χ0v) is 8.51. The first-order valence-corrected chi connectivity index (χ1v) is 4.53. The van der Waals surface area contributed by atoms with Crippen LogP contribution in [0.3, 0.4) is 0 Å². The van der Waals surface area contributed by atoms with Crippen LogP contribution in [-0.2, 0) is 11.4 Å². The topological polar surface area (TPSA) is 45.0 Å². The second-order valence-corrected chi connectivity index (χ2v) is 3.12. The van der Waals surface area contributed by atoms with E-state index in [4.69, 9.17) is 5.26 Å². The lowest BCUT2D eigenvalue weighted by Crippen LogP contribution is -2.24. The quantitative estimate of drug-likeness (QED) is 0.505. The molecule has 0 aliphatic heterocycles. The number of halogens is 4. The van der Waals surface area contributed by atoms with E-state index >= 15 is 0 Å². The Balaban J connectivity index is 2.51. The SMILES string of the molecule is N#Cc1cccc(CNOCC(F)(F)F)c1F. The summed E-state index contributed by atoms with van der Waals surface area (Å²) in [7, 11) is 0. The van der Waals surface area contributed by atoms with Gasteiger partial charge in [0.25, 0.3) is 0 Å². The highest BCUT2D eigenvalue weighted by molar-refractivity contribution is 5.34.